The fourth-order valence-corrected chi connectivity index (χ4v) is 3.77. The molecule has 0 aliphatic carbocycles. The van der Waals surface area contributed by atoms with Gasteiger partial charge in [0.25, 0.3) is 5.91 Å². The standard InChI is InChI=1S/C23H25N3O2/c1-3-21-22(16(2)25-28-21)23(27)24-14-17-8-10-18(11-9-17)15-26-13-12-19-6-4-5-7-20(19)26/h4-11H,3,12-15H2,1-2H3,(H,24,27). The van der Waals surface area contributed by atoms with Crippen LogP contribution in [-0.4, -0.2) is 17.6 Å². The molecule has 28 heavy (non-hydrogen) atoms. The van der Waals surface area contributed by atoms with Gasteiger partial charge in [0.2, 0.25) is 0 Å². The van der Waals surface area contributed by atoms with Crippen LogP contribution < -0.4 is 10.2 Å². The Morgan fingerprint density at radius 1 is 1.14 bits per heavy atom. The summed E-state index contributed by atoms with van der Waals surface area (Å²) < 4.78 is 5.21. The van der Waals surface area contributed by atoms with Crippen LogP contribution in [0.15, 0.2) is 53.1 Å². The second-order valence-electron chi connectivity index (χ2n) is 7.22. The number of nitrogens with zero attached hydrogens (tertiary/aromatic N) is 2. The van der Waals surface area contributed by atoms with E-state index < -0.39 is 0 Å². The second kappa shape index (κ2) is 7.89. The van der Waals surface area contributed by atoms with Gasteiger partial charge in [0.1, 0.15) is 11.3 Å². The zero-order valence-corrected chi connectivity index (χ0v) is 16.4. The zero-order valence-electron chi connectivity index (χ0n) is 16.4. The molecule has 4 rings (SSSR count). The maximum Gasteiger partial charge on any atom is 0.257 e. The summed E-state index contributed by atoms with van der Waals surface area (Å²) in [4.78, 5) is 14.9. The van der Waals surface area contributed by atoms with E-state index in [-0.39, 0.29) is 5.91 Å². The van der Waals surface area contributed by atoms with E-state index in [1.807, 2.05) is 6.92 Å². The SMILES string of the molecule is CCc1onc(C)c1C(=O)NCc1ccc(CN2CCc3ccccc32)cc1. The molecule has 2 aromatic carbocycles. The van der Waals surface area contributed by atoms with Crippen LogP contribution in [0.4, 0.5) is 5.69 Å². The van der Waals surface area contributed by atoms with Crippen molar-refractivity contribution in [3.63, 3.8) is 0 Å². The van der Waals surface area contributed by atoms with Crippen LogP contribution in [0.2, 0.25) is 0 Å². The van der Waals surface area contributed by atoms with Crippen molar-refractivity contribution in [2.45, 2.75) is 39.8 Å². The van der Waals surface area contributed by atoms with Crippen molar-refractivity contribution < 1.29 is 9.32 Å². The largest absolute Gasteiger partial charge is 0.367 e. The van der Waals surface area contributed by atoms with E-state index in [4.69, 9.17) is 4.52 Å². The average Bonchev–Trinajstić information content (AvgIpc) is 3.30. The average molecular weight is 375 g/mol. The second-order valence-corrected chi connectivity index (χ2v) is 7.22. The lowest BCUT2D eigenvalue weighted by Crippen LogP contribution is -2.24. The molecule has 3 aromatic rings. The molecular weight excluding hydrogens is 350 g/mol. The summed E-state index contributed by atoms with van der Waals surface area (Å²) in [5, 5.41) is 6.87. The molecule has 5 heteroatoms. The van der Waals surface area contributed by atoms with Crippen molar-refractivity contribution >= 4 is 11.6 Å². The van der Waals surface area contributed by atoms with E-state index in [1.165, 1.54) is 16.8 Å². The van der Waals surface area contributed by atoms with Crippen LogP contribution >= 0.6 is 0 Å². The monoisotopic (exact) mass is 375 g/mol. The fourth-order valence-electron chi connectivity index (χ4n) is 3.77. The van der Waals surface area contributed by atoms with Crippen LogP contribution in [0.1, 0.15) is 45.4 Å². The summed E-state index contributed by atoms with van der Waals surface area (Å²) >= 11 is 0. The van der Waals surface area contributed by atoms with Crippen LogP contribution in [0, 0.1) is 6.92 Å². The number of rotatable bonds is 6. The van der Waals surface area contributed by atoms with Crippen molar-refractivity contribution in [3.05, 3.63) is 82.2 Å². The van der Waals surface area contributed by atoms with Crippen molar-refractivity contribution in [1.29, 1.82) is 0 Å². The summed E-state index contributed by atoms with van der Waals surface area (Å²) in [7, 11) is 0. The Bertz CT molecular complexity index is 976. The third-order valence-corrected chi connectivity index (χ3v) is 5.31. The van der Waals surface area contributed by atoms with Gasteiger partial charge in [0.05, 0.1) is 5.69 Å². The van der Waals surface area contributed by atoms with Gasteiger partial charge in [-0.05, 0) is 36.1 Å². The maximum absolute atomic E-state index is 12.5. The number of hydrogen-bond donors (Lipinski definition) is 1. The number of aromatic nitrogens is 1. The number of fused-ring (bicyclic) bond motifs is 1. The van der Waals surface area contributed by atoms with Crippen molar-refractivity contribution in [2.24, 2.45) is 0 Å². The lowest BCUT2D eigenvalue weighted by atomic mass is 10.1. The highest BCUT2D eigenvalue weighted by Gasteiger charge is 2.19. The smallest absolute Gasteiger partial charge is 0.257 e. The molecule has 5 nitrogen and oxygen atoms in total. The minimum Gasteiger partial charge on any atom is -0.367 e. The van der Waals surface area contributed by atoms with Crippen LogP contribution in [-0.2, 0) is 25.9 Å². The van der Waals surface area contributed by atoms with Crippen LogP contribution in [0.3, 0.4) is 0 Å². The highest BCUT2D eigenvalue weighted by Crippen LogP contribution is 2.28. The number of anilines is 1. The minimum absolute atomic E-state index is 0.131. The molecule has 1 aliphatic heterocycles. The first-order valence-corrected chi connectivity index (χ1v) is 9.79. The molecule has 0 fully saturated rings. The summed E-state index contributed by atoms with van der Waals surface area (Å²) in [5.74, 6) is 0.504. The van der Waals surface area contributed by atoms with Gasteiger partial charge < -0.3 is 14.7 Å². The Morgan fingerprint density at radius 3 is 2.68 bits per heavy atom. The normalized spacial score (nSPS) is 12.9. The third-order valence-electron chi connectivity index (χ3n) is 5.31. The molecule has 0 saturated carbocycles. The number of nitrogens with one attached hydrogen (secondary N) is 1. The summed E-state index contributed by atoms with van der Waals surface area (Å²) in [6, 6.07) is 17.1. The lowest BCUT2D eigenvalue weighted by Gasteiger charge is -2.19. The van der Waals surface area contributed by atoms with Gasteiger partial charge in [0, 0.05) is 31.7 Å². The van der Waals surface area contributed by atoms with E-state index >= 15 is 0 Å². The van der Waals surface area contributed by atoms with E-state index in [9.17, 15) is 4.79 Å². The van der Waals surface area contributed by atoms with Crippen molar-refractivity contribution in [2.75, 3.05) is 11.4 Å². The van der Waals surface area contributed by atoms with Gasteiger partial charge in [0.15, 0.2) is 0 Å². The van der Waals surface area contributed by atoms with Crippen LogP contribution in [0.5, 0.6) is 0 Å². The lowest BCUT2D eigenvalue weighted by molar-refractivity contribution is 0.0948. The van der Waals surface area contributed by atoms with Crippen molar-refractivity contribution in [3.8, 4) is 0 Å². The molecule has 0 atom stereocenters. The highest BCUT2D eigenvalue weighted by atomic mass is 16.5. The van der Waals surface area contributed by atoms with E-state index in [0.717, 1.165) is 25.1 Å². The maximum atomic E-state index is 12.5. The van der Waals surface area contributed by atoms with Gasteiger partial charge >= 0.3 is 0 Å². The number of benzene rings is 2. The Labute approximate surface area is 165 Å². The number of aryl methyl sites for hydroxylation is 2. The zero-order chi connectivity index (χ0) is 19.5. The topological polar surface area (TPSA) is 58.4 Å². The Morgan fingerprint density at radius 2 is 1.89 bits per heavy atom. The molecule has 2 heterocycles. The number of para-hydroxylation sites is 1. The highest BCUT2D eigenvalue weighted by molar-refractivity contribution is 5.96. The molecular formula is C23H25N3O2. The number of carbonyl (C=O) groups is 1. The van der Waals surface area contributed by atoms with E-state index in [0.29, 0.717) is 30.0 Å². The molecule has 0 unspecified atom stereocenters. The summed E-state index contributed by atoms with van der Waals surface area (Å²) in [6.07, 6.45) is 1.76. The van der Waals surface area contributed by atoms with Gasteiger partial charge in [-0.15, -0.1) is 0 Å². The predicted molar refractivity (Wildman–Crippen MR) is 109 cm³/mol. The first-order valence-electron chi connectivity index (χ1n) is 9.79. The van der Waals surface area contributed by atoms with Gasteiger partial charge in [-0.1, -0.05) is 54.5 Å². The van der Waals surface area contributed by atoms with Gasteiger partial charge in [-0.3, -0.25) is 4.79 Å². The van der Waals surface area contributed by atoms with E-state index in [1.54, 1.807) is 6.92 Å². The Kier molecular flexibility index (Phi) is 5.15. The molecule has 1 N–H and O–H groups in total. The number of carbonyl (C=O) groups excluding carboxylic acids is 1. The first kappa shape index (κ1) is 18.3. The van der Waals surface area contributed by atoms with Gasteiger partial charge in [-0.2, -0.15) is 0 Å². The molecule has 144 valence electrons. The predicted octanol–water partition coefficient (Wildman–Crippen LogP) is 4.04. The third kappa shape index (κ3) is 3.65. The number of amides is 1. The van der Waals surface area contributed by atoms with Crippen LogP contribution in [0.25, 0.3) is 0 Å². The summed E-state index contributed by atoms with van der Waals surface area (Å²) in [5.41, 5.74) is 6.32. The molecule has 1 aliphatic rings. The fraction of sp³-hybridized carbons (Fsp3) is 0.304. The van der Waals surface area contributed by atoms with Gasteiger partial charge in [-0.25, -0.2) is 0 Å². The quantitative estimate of drug-likeness (QED) is 0.706. The molecule has 1 aromatic heterocycles. The first-order chi connectivity index (χ1) is 13.7. The van der Waals surface area contributed by atoms with E-state index in [2.05, 4.69) is 63.9 Å². The molecule has 0 radical (unpaired) electrons. The molecule has 0 saturated heterocycles. The molecule has 1 amide bonds. The Hall–Kier alpha value is -3.08. The van der Waals surface area contributed by atoms with Crippen molar-refractivity contribution in [1.82, 2.24) is 10.5 Å². The minimum atomic E-state index is -0.131. The Balaban J connectivity index is 1.36. The molecule has 0 spiro atoms. The summed E-state index contributed by atoms with van der Waals surface area (Å²) in [6.45, 7) is 6.20. The number of hydrogen-bond acceptors (Lipinski definition) is 4. The molecule has 0 bridgehead atoms.